The maximum absolute atomic E-state index is 8.71. The van der Waals surface area contributed by atoms with Crippen molar-refractivity contribution in [3.63, 3.8) is 0 Å². The number of hydrogen-bond donors (Lipinski definition) is 2. The topological polar surface area (TPSA) is 50.7 Å². The molecule has 0 saturated carbocycles. The van der Waals surface area contributed by atoms with Crippen molar-refractivity contribution in [2.45, 2.75) is 13.0 Å². The van der Waals surface area contributed by atoms with Crippen molar-refractivity contribution in [1.82, 2.24) is 5.32 Å². The first kappa shape index (κ1) is 14.4. The van der Waals surface area contributed by atoms with Gasteiger partial charge in [-0.2, -0.15) is 0 Å². The summed E-state index contributed by atoms with van der Waals surface area (Å²) in [5, 5.41) is 11.9. The Hall–Kier alpha value is -1.70. The van der Waals surface area contributed by atoms with Gasteiger partial charge in [0.1, 0.15) is 6.61 Å². The standard InChI is InChI=1S/C14H19NO3/c1-3-10-18-14-12(11-15-8-5-9-16)6-4-7-13(14)17-2/h1,4,6-7,15-16H,5,8-11H2,2H3. The lowest BCUT2D eigenvalue weighted by atomic mass is 10.2. The summed E-state index contributed by atoms with van der Waals surface area (Å²) >= 11 is 0. The molecule has 1 aromatic rings. The number of methoxy groups -OCH3 is 1. The van der Waals surface area contributed by atoms with E-state index in [9.17, 15) is 0 Å². The zero-order valence-corrected chi connectivity index (χ0v) is 10.6. The summed E-state index contributed by atoms with van der Waals surface area (Å²) in [6, 6.07) is 5.70. The summed E-state index contributed by atoms with van der Waals surface area (Å²) < 4.78 is 10.8. The van der Waals surface area contributed by atoms with Gasteiger partial charge in [0, 0.05) is 18.7 Å². The van der Waals surface area contributed by atoms with Crippen LogP contribution in [0, 0.1) is 12.3 Å². The molecule has 98 valence electrons. The predicted octanol–water partition coefficient (Wildman–Crippen LogP) is 1.18. The summed E-state index contributed by atoms with van der Waals surface area (Å²) in [6.45, 7) is 1.80. The molecular formula is C14H19NO3. The van der Waals surface area contributed by atoms with Gasteiger partial charge in [0.15, 0.2) is 11.5 Å². The molecule has 0 unspecified atom stereocenters. The number of ether oxygens (including phenoxy) is 2. The molecule has 0 amide bonds. The first-order valence-electron chi connectivity index (χ1n) is 5.87. The SMILES string of the molecule is C#CCOc1c(CNCCCO)cccc1OC. The van der Waals surface area contributed by atoms with Crippen molar-refractivity contribution in [1.29, 1.82) is 0 Å². The second-order valence-electron chi connectivity index (χ2n) is 3.70. The van der Waals surface area contributed by atoms with Crippen LogP contribution in [0.3, 0.4) is 0 Å². The minimum atomic E-state index is 0.186. The molecule has 1 aromatic carbocycles. The maximum atomic E-state index is 8.71. The van der Waals surface area contributed by atoms with Crippen LogP contribution in [0.4, 0.5) is 0 Å². The van der Waals surface area contributed by atoms with Crippen LogP contribution in [0.1, 0.15) is 12.0 Å². The average Bonchev–Trinajstić information content (AvgIpc) is 2.41. The first-order chi connectivity index (χ1) is 8.83. The second kappa shape index (κ2) is 8.40. The van der Waals surface area contributed by atoms with Gasteiger partial charge >= 0.3 is 0 Å². The molecule has 0 aliphatic rings. The van der Waals surface area contributed by atoms with Crippen LogP contribution >= 0.6 is 0 Å². The molecule has 18 heavy (non-hydrogen) atoms. The number of rotatable bonds is 8. The fraction of sp³-hybridized carbons (Fsp3) is 0.429. The third-order valence-electron chi connectivity index (χ3n) is 2.41. The van der Waals surface area contributed by atoms with Crippen molar-refractivity contribution in [3.05, 3.63) is 23.8 Å². The van der Waals surface area contributed by atoms with Crippen LogP contribution in [0.25, 0.3) is 0 Å². The molecule has 0 spiro atoms. The van der Waals surface area contributed by atoms with E-state index in [1.54, 1.807) is 7.11 Å². The molecule has 0 aliphatic heterocycles. The minimum absolute atomic E-state index is 0.186. The Morgan fingerprint density at radius 2 is 2.28 bits per heavy atom. The van der Waals surface area contributed by atoms with Crippen molar-refractivity contribution in [2.75, 3.05) is 26.9 Å². The highest BCUT2D eigenvalue weighted by Crippen LogP contribution is 2.30. The minimum Gasteiger partial charge on any atom is -0.493 e. The molecule has 0 atom stereocenters. The molecule has 0 bridgehead atoms. The summed E-state index contributed by atoms with van der Waals surface area (Å²) in [6.07, 6.45) is 5.93. The highest BCUT2D eigenvalue weighted by atomic mass is 16.5. The number of para-hydroxylation sites is 1. The predicted molar refractivity (Wildman–Crippen MR) is 70.7 cm³/mol. The van der Waals surface area contributed by atoms with E-state index in [2.05, 4.69) is 11.2 Å². The number of aliphatic hydroxyl groups is 1. The lowest BCUT2D eigenvalue weighted by Gasteiger charge is -2.14. The molecule has 4 heteroatoms. The molecule has 0 aromatic heterocycles. The maximum Gasteiger partial charge on any atom is 0.167 e. The Morgan fingerprint density at radius 1 is 1.44 bits per heavy atom. The van der Waals surface area contributed by atoms with E-state index < -0.39 is 0 Å². The molecule has 0 saturated heterocycles. The summed E-state index contributed by atoms with van der Waals surface area (Å²) in [7, 11) is 1.60. The fourth-order valence-corrected chi connectivity index (χ4v) is 1.57. The third kappa shape index (κ3) is 4.28. The van der Waals surface area contributed by atoms with E-state index in [-0.39, 0.29) is 13.2 Å². The van der Waals surface area contributed by atoms with Crippen LogP contribution in [0.2, 0.25) is 0 Å². The molecule has 0 heterocycles. The molecule has 1 rings (SSSR count). The molecule has 0 radical (unpaired) electrons. The van der Waals surface area contributed by atoms with Crippen molar-refractivity contribution < 1.29 is 14.6 Å². The summed E-state index contributed by atoms with van der Waals surface area (Å²) in [5.41, 5.74) is 0.988. The largest absolute Gasteiger partial charge is 0.493 e. The molecule has 4 nitrogen and oxygen atoms in total. The third-order valence-corrected chi connectivity index (χ3v) is 2.41. The highest BCUT2D eigenvalue weighted by Gasteiger charge is 2.09. The van der Waals surface area contributed by atoms with Gasteiger partial charge in [-0.3, -0.25) is 0 Å². The van der Waals surface area contributed by atoms with Gasteiger partial charge in [-0.15, -0.1) is 6.42 Å². The van der Waals surface area contributed by atoms with Crippen molar-refractivity contribution in [2.24, 2.45) is 0 Å². The zero-order chi connectivity index (χ0) is 13.2. The van der Waals surface area contributed by atoms with Crippen molar-refractivity contribution >= 4 is 0 Å². The number of hydrogen-bond acceptors (Lipinski definition) is 4. The Morgan fingerprint density at radius 3 is 2.94 bits per heavy atom. The van der Waals surface area contributed by atoms with Gasteiger partial charge in [0.2, 0.25) is 0 Å². The molecule has 2 N–H and O–H groups in total. The molecular weight excluding hydrogens is 230 g/mol. The molecule has 0 aliphatic carbocycles. The molecule has 0 fully saturated rings. The Kier molecular flexibility index (Phi) is 6.70. The van der Waals surface area contributed by atoms with E-state index in [0.717, 1.165) is 18.5 Å². The van der Waals surface area contributed by atoms with E-state index in [1.807, 2.05) is 18.2 Å². The number of aliphatic hydroxyl groups excluding tert-OH is 1. The quantitative estimate of drug-likeness (QED) is 0.536. The smallest absolute Gasteiger partial charge is 0.167 e. The van der Waals surface area contributed by atoms with Crippen LogP contribution in [0.15, 0.2) is 18.2 Å². The van der Waals surface area contributed by atoms with Gasteiger partial charge in [-0.1, -0.05) is 18.1 Å². The lowest BCUT2D eigenvalue weighted by Crippen LogP contribution is -2.16. The van der Waals surface area contributed by atoms with E-state index >= 15 is 0 Å². The van der Waals surface area contributed by atoms with E-state index in [0.29, 0.717) is 18.0 Å². The van der Waals surface area contributed by atoms with Crippen LogP contribution < -0.4 is 14.8 Å². The van der Waals surface area contributed by atoms with Gasteiger partial charge in [0.05, 0.1) is 7.11 Å². The van der Waals surface area contributed by atoms with Gasteiger partial charge in [-0.05, 0) is 19.0 Å². The Labute approximate surface area is 108 Å². The normalized spacial score (nSPS) is 9.83. The highest BCUT2D eigenvalue weighted by molar-refractivity contribution is 5.46. The van der Waals surface area contributed by atoms with Gasteiger partial charge in [-0.25, -0.2) is 0 Å². The van der Waals surface area contributed by atoms with E-state index in [4.69, 9.17) is 21.0 Å². The Bertz CT molecular complexity index is 399. The fourth-order valence-electron chi connectivity index (χ4n) is 1.57. The first-order valence-corrected chi connectivity index (χ1v) is 5.87. The number of benzene rings is 1. The second-order valence-corrected chi connectivity index (χ2v) is 3.70. The van der Waals surface area contributed by atoms with Gasteiger partial charge in [0.25, 0.3) is 0 Å². The monoisotopic (exact) mass is 249 g/mol. The summed E-state index contributed by atoms with van der Waals surface area (Å²) in [4.78, 5) is 0. The lowest BCUT2D eigenvalue weighted by molar-refractivity contribution is 0.285. The van der Waals surface area contributed by atoms with E-state index in [1.165, 1.54) is 0 Å². The van der Waals surface area contributed by atoms with Crippen LogP contribution in [-0.4, -0.2) is 32.0 Å². The summed E-state index contributed by atoms with van der Waals surface area (Å²) in [5.74, 6) is 3.79. The van der Waals surface area contributed by atoms with Crippen molar-refractivity contribution in [3.8, 4) is 23.8 Å². The van der Waals surface area contributed by atoms with Gasteiger partial charge < -0.3 is 19.9 Å². The Balaban J connectivity index is 2.72. The van der Waals surface area contributed by atoms with Crippen LogP contribution in [-0.2, 0) is 6.54 Å². The number of terminal acetylenes is 1. The zero-order valence-electron chi connectivity index (χ0n) is 10.6. The van der Waals surface area contributed by atoms with Crippen LogP contribution in [0.5, 0.6) is 11.5 Å². The number of nitrogens with one attached hydrogen (secondary N) is 1. The average molecular weight is 249 g/mol.